The quantitative estimate of drug-likeness (QED) is 0.436. The summed E-state index contributed by atoms with van der Waals surface area (Å²) < 4.78 is 16.1. The normalized spacial score (nSPS) is 9.00. The van der Waals surface area contributed by atoms with E-state index in [4.69, 9.17) is 29.5 Å². The smallest absolute Gasteiger partial charge is 0.0698 e. The van der Waals surface area contributed by atoms with Gasteiger partial charge in [-0.15, -0.1) is 0 Å². The van der Waals surface area contributed by atoms with Crippen LogP contribution < -0.4 is 0 Å². The molecule has 0 aromatic carbocycles. The van der Waals surface area contributed by atoms with E-state index in [1.165, 1.54) is 0 Å². The van der Waals surface area contributed by atoms with Crippen LogP contribution in [0.15, 0.2) is 0 Å². The fourth-order valence-electron chi connectivity index (χ4n) is 1.49. The van der Waals surface area contributed by atoms with Crippen molar-refractivity contribution in [2.24, 2.45) is 5.41 Å². The largest absolute Gasteiger partial charge is 0.394 e. The van der Waals surface area contributed by atoms with Gasteiger partial charge in [0.2, 0.25) is 0 Å². The Kier molecular flexibility index (Phi) is 55.9. The van der Waals surface area contributed by atoms with Crippen LogP contribution >= 0.6 is 0 Å². The standard InChI is InChI=1S/C12H26O6.6CH4/c1-2-12(9-16-6-3-13,10-17-7-4-14)11-18-8-5-15;;;;;;/h13-15H,2-11H2,1H3;6*1H4. The molecule has 0 spiro atoms. The van der Waals surface area contributed by atoms with Gasteiger partial charge in [-0.1, -0.05) is 51.5 Å². The van der Waals surface area contributed by atoms with Gasteiger partial charge < -0.3 is 29.5 Å². The van der Waals surface area contributed by atoms with E-state index in [1.54, 1.807) is 0 Å². The first kappa shape index (κ1) is 43.8. The average Bonchev–Trinajstić information content (AvgIpc) is 2.39. The molecule has 0 rings (SSSR count). The molecule has 6 nitrogen and oxygen atoms in total. The van der Waals surface area contributed by atoms with Crippen molar-refractivity contribution >= 4 is 0 Å². The molecule has 0 aliphatic heterocycles. The van der Waals surface area contributed by atoms with Crippen LogP contribution in [-0.2, 0) is 14.2 Å². The zero-order chi connectivity index (χ0) is 13.7. The van der Waals surface area contributed by atoms with Gasteiger partial charge in [-0.3, -0.25) is 0 Å². The van der Waals surface area contributed by atoms with Gasteiger partial charge in [0.05, 0.1) is 59.5 Å². The molecule has 0 saturated heterocycles. The van der Waals surface area contributed by atoms with Gasteiger partial charge in [-0.05, 0) is 6.42 Å². The molecular formula is C18H50O6. The molecule has 158 valence electrons. The molecular weight excluding hydrogens is 312 g/mol. The molecule has 0 unspecified atom stereocenters. The molecule has 0 aliphatic rings. The maximum atomic E-state index is 8.71. The monoisotopic (exact) mass is 362 g/mol. The molecule has 0 saturated carbocycles. The summed E-state index contributed by atoms with van der Waals surface area (Å²) in [5.74, 6) is 0. The highest BCUT2D eigenvalue weighted by Gasteiger charge is 2.29. The van der Waals surface area contributed by atoms with Gasteiger partial charge in [0, 0.05) is 5.41 Å². The Bertz CT molecular complexity index is 152. The Hall–Kier alpha value is -0.240. The van der Waals surface area contributed by atoms with Crippen molar-refractivity contribution in [3.05, 3.63) is 0 Å². The number of hydrogen-bond donors (Lipinski definition) is 3. The van der Waals surface area contributed by atoms with E-state index in [2.05, 4.69) is 0 Å². The molecule has 0 amide bonds. The summed E-state index contributed by atoms with van der Waals surface area (Å²) in [7, 11) is 0. The summed E-state index contributed by atoms with van der Waals surface area (Å²) in [5, 5.41) is 26.1. The lowest BCUT2D eigenvalue weighted by Gasteiger charge is -2.32. The summed E-state index contributed by atoms with van der Waals surface area (Å²) in [5.41, 5.74) is -0.306. The molecule has 0 bridgehead atoms. The predicted octanol–water partition coefficient (Wildman–Crippen LogP) is 3.23. The van der Waals surface area contributed by atoms with Crippen LogP contribution in [0.4, 0.5) is 0 Å². The minimum Gasteiger partial charge on any atom is -0.394 e. The number of hydrogen-bond acceptors (Lipinski definition) is 6. The summed E-state index contributed by atoms with van der Waals surface area (Å²) in [6.07, 6.45) is 0.787. The number of rotatable bonds is 13. The molecule has 0 radical (unpaired) electrons. The minimum atomic E-state index is -0.306. The molecule has 0 aromatic rings. The van der Waals surface area contributed by atoms with Crippen LogP contribution in [0.1, 0.15) is 57.9 Å². The van der Waals surface area contributed by atoms with Gasteiger partial charge in [-0.2, -0.15) is 0 Å². The highest BCUT2D eigenvalue weighted by molar-refractivity contribution is 4.77. The van der Waals surface area contributed by atoms with Gasteiger partial charge >= 0.3 is 0 Å². The SMILES string of the molecule is C.C.C.C.C.C.CCC(COCCO)(COCCO)COCCO. The van der Waals surface area contributed by atoms with Gasteiger partial charge in [0.25, 0.3) is 0 Å². The zero-order valence-electron chi connectivity index (χ0n) is 11.1. The van der Waals surface area contributed by atoms with Crippen molar-refractivity contribution in [1.82, 2.24) is 0 Å². The van der Waals surface area contributed by atoms with Crippen molar-refractivity contribution in [1.29, 1.82) is 0 Å². The Morgan fingerprint density at radius 2 is 0.833 bits per heavy atom. The Morgan fingerprint density at radius 3 is 1.00 bits per heavy atom. The Morgan fingerprint density at radius 1 is 0.583 bits per heavy atom. The molecule has 0 aromatic heterocycles. The van der Waals surface area contributed by atoms with E-state index in [9.17, 15) is 0 Å². The molecule has 0 fully saturated rings. The van der Waals surface area contributed by atoms with Gasteiger partial charge in [-0.25, -0.2) is 0 Å². The Balaban J connectivity index is -0.0000000963. The van der Waals surface area contributed by atoms with E-state index in [0.29, 0.717) is 19.8 Å². The fraction of sp³-hybridized carbons (Fsp3) is 1.00. The van der Waals surface area contributed by atoms with Crippen LogP contribution in [0.2, 0.25) is 0 Å². The highest BCUT2D eigenvalue weighted by atomic mass is 16.5. The highest BCUT2D eigenvalue weighted by Crippen LogP contribution is 2.23. The van der Waals surface area contributed by atoms with Crippen molar-refractivity contribution in [2.45, 2.75) is 57.9 Å². The lowest BCUT2D eigenvalue weighted by molar-refractivity contribution is -0.0816. The Labute approximate surface area is 153 Å². The second kappa shape index (κ2) is 30.6. The summed E-state index contributed by atoms with van der Waals surface area (Å²) in [4.78, 5) is 0. The number of ether oxygens (including phenoxy) is 3. The first-order valence-electron chi connectivity index (χ1n) is 6.30. The van der Waals surface area contributed by atoms with Crippen LogP contribution in [0.3, 0.4) is 0 Å². The summed E-state index contributed by atoms with van der Waals surface area (Å²) in [6.45, 7) is 4.04. The second-order valence-corrected chi connectivity index (χ2v) is 4.18. The summed E-state index contributed by atoms with van der Waals surface area (Å²) in [6, 6.07) is 0. The van der Waals surface area contributed by atoms with E-state index in [0.717, 1.165) is 6.42 Å². The third-order valence-corrected chi connectivity index (χ3v) is 2.68. The van der Waals surface area contributed by atoms with Crippen molar-refractivity contribution in [2.75, 3.05) is 59.5 Å². The topological polar surface area (TPSA) is 88.4 Å². The zero-order valence-corrected chi connectivity index (χ0v) is 11.1. The number of aliphatic hydroxyl groups is 3. The molecule has 0 atom stereocenters. The van der Waals surface area contributed by atoms with Crippen molar-refractivity contribution < 1.29 is 29.5 Å². The van der Waals surface area contributed by atoms with Crippen molar-refractivity contribution in [3.63, 3.8) is 0 Å². The molecule has 0 heterocycles. The van der Waals surface area contributed by atoms with E-state index >= 15 is 0 Å². The third-order valence-electron chi connectivity index (χ3n) is 2.68. The summed E-state index contributed by atoms with van der Waals surface area (Å²) >= 11 is 0. The second-order valence-electron chi connectivity index (χ2n) is 4.18. The third kappa shape index (κ3) is 21.8. The van der Waals surface area contributed by atoms with E-state index in [1.807, 2.05) is 6.92 Å². The van der Waals surface area contributed by atoms with Crippen LogP contribution in [0.5, 0.6) is 0 Å². The maximum Gasteiger partial charge on any atom is 0.0698 e. The molecule has 3 N–H and O–H groups in total. The lowest BCUT2D eigenvalue weighted by Crippen LogP contribution is -2.37. The molecule has 0 aliphatic carbocycles. The van der Waals surface area contributed by atoms with E-state index < -0.39 is 0 Å². The molecule has 24 heavy (non-hydrogen) atoms. The van der Waals surface area contributed by atoms with Crippen LogP contribution in [0, 0.1) is 5.41 Å². The minimum absolute atomic E-state index is 0. The van der Waals surface area contributed by atoms with Crippen molar-refractivity contribution in [3.8, 4) is 0 Å². The van der Waals surface area contributed by atoms with Crippen LogP contribution in [0.25, 0.3) is 0 Å². The average molecular weight is 363 g/mol. The van der Waals surface area contributed by atoms with Gasteiger partial charge in [0.1, 0.15) is 0 Å². The number of aliphatic hydroxyl groups excluding tert-OH is 3. The molecule has 6 heteroatoms. The lowest BCUT2D eigenvalue weighted by atomic mass is 9.88. The first-order chi connectivity index (χ1) is 8.74. The predicted molar refractivity (Wildman–Crippen MR) is 107 cm³/mol. The fourth-order valence-corrected chi connectivity index (χ4v) is 1.49. The van der Waals surface area contributed by atoms with Gasteiger partial charge in [0.15, 0.2) is 0 Å². The maximum absolute atomic E-state index is 8.71. The van der Waals surface area contributed by atoms with E-state index in [-0.39, 0.29) is 89.6 Å². The first-order valence-corrected chi connectivity index (χ1v) is 6.30. The van der Waals surface area contributed by atoms with Crippen LogP contribution in [-0.4, -0.2) is 74.8 Å².